The molecule has 0 spiro atoms. The van der Waals surface area contributed by atoms with Gasteiger partial charge in [0.15, 0.2) is 5.78 Å². The molecule has 0 aromatic heterocycles. The van der Waals surface area contributed by atoms with E-state index in [9.17, 15) is 4.79 Å². The van der Waals surface area contributed by atoms with Crippen molar-refractivity contribution >= 4 is 17.4 Å². The fourth-order valence-corrected chi connectivity index (χ4v) is 2.10. The van der Waals surface area contributed by atoms with Gasteiger partial charge in [0.2, 0.25) is 0 Å². The third-order valence-electron chi connectivity index (χ3n) is 3.19. The molecule has 0 heterocycles. The lowest BCUT2D eigenvalue weighted by molar-refractivity contribution is 0.103. The van der Waals surface area contributed by atoms with Crippen molar-refractivity contribution in [3.63, 3.8) is 0 Å². The molecule has 3 heteroatoms. The lowest BCUT2D eigenvalue weighted by Crippen LogP contribution is -2.03. The Labute approximate surface area is 118 Å². The Morgan fingerprint density at radius 1 is 1.05 bits per heavy atom. The van der Waals surface area contributed by atoms with Gasteiger partial charge in [0, 0.05) is 11.1 Å². The first kappa shape index (κ1) is 13.6. The van der Waals surface area contributed by atoms with Crippen molar-refractivity contribution in [2.24, 2.45) is 0 Å². The lowest BCUT2D eigenvalue weighted by atomic mass is 9.99. The molecule has 0 amide bonds. The van der Waals surface area contributed by atoms with Crippen LogP contribution in [0.3, 0.4) is 0 Å². The molecular weight excluding hydrogens is 260 g/mol. The molecule has 2 aromatic rings. The first-order chi connectivity index (χ1) is 9.02. The summed E-state index contributed by atoms with van der Waals surface area (Å²) in [5.74, 6) is 0.567. The summed E-state index contributed by atoms with van der Waals surface area (Å²) in [5, 5.41) is 0.405. The van der Waals surface area contributed by atoms with Crippen LogP contribution in [0.1, 0.15) is 27.0 Å². The summed E-state index contributed by atoms with van der Waals surface area (Å²) in [4.78, 5) is 12.4. The molecule has 0 aliphatic rings. The number of carbonyl (C=O) groups is 1. The maximum absolute atomic E-state index is 12.4. The minimum absolute atomic E-state index is 0.0734. The predicted octanol–water partition coefficient (Wildman–Crippen LogP) is 4.20. The van der Waals surface area contributed by atoms with E-state index in [1.54, 1.807) is 25.3 Å². The average molecular weight is 275 g/mol. The Kier molecular flexibility index (Phi) is 3.91. The van der Waals surface area contributed by atoms with Crippen molar-refractivity contribution in [2.75, 3.05) is 7.11 Å². The highest BCUT2D eigenvalue weighted by molar-refractivity contribution is 6.35. The van der Waals surface area contributed by atoms with Gasteiger partial charge in [0.25, 0.3) is 0 Å². The molecule has 0 fully saturated rings. The fraction of sp³-hybridized carbons (Fsp3) is 0.188. The highest BCUT2D eigenvalue weighted by Gasteiger charge is 2.14. The zero-order valence-corrected chi connectivity index (χ0v) is 11.9. The maximum Gasteiger partial charge on any atom is 0.194 e. The molecular formula is C16H15ClO2. The standard InChI is InChI=1S/C16H15ClO2/c1-10-4-5-12(8-11(10)2)16(18)14-7-6-13(19-3)9-15(14)17/h4-9H,1-3H3. The van der Waals surface area contributed by atoms with Crippen molar-refractivity contribution in [1.29, 1.82) is 0 Å². The molecule has 0 N–H and O–H groups in total. The Morgan fingerprint density at radius 2 is 1.79 bits per heavy atom. The largest absolute Gasteiger partial charge is 0.497 e. The second-order valence-electron chi connectivity index (χ2n) is 4.47. The van der Waals surface area contributed by atoms with E-state index in [1.807, 2.05) is 32.0 Å². The zero-order valence-electron chi connectivity index (χ0n) is 11.2. The van der Waals surface area contributed by atoms with Gasteiger partial charge in [-0.15, -0.1) is 0 Å². The van der Waals surface area contributed by atoms with Crippen molar-refractivity contribution in [3.8, 4) is 5.75 Å². The summed E-state index contributed by atoms with van der Waals surface area (Å²) < 4.78 is 5.07. The summed E-state index contributed by atoms with van der Waals surface area (Å²) in [5.41, 5.74) is 3.40. The smallest absolute Gasteiger partial charge is 0.194 e. The molecule has 0 aliphatic carbocycles. The van der Waals surface area contributed by atoms with Crippen LogP contribution in [0.15, 0.2) is 36.4 Å². The lowest BCUT2D eigenvalue weighted by Gasteiger charge is -2.07. The average Bonchev–Trinajstić information content (AvgIpc) is 2.41. The first-order valence-electron chi connectivity index (χ1n) is 5.98. The van der Waals surface area contributed by atoms with E-state index in [2.05, 4.69) is 0 Å². The SMILES string of the molecule is COc1ccc(C(=O)c2ccc(C)c(C)c2)c(Cl)c1. The normalized spacial score (nSPS) is 10.3. The Balaban J connectivity index is 2.41. The van der Waals surface area contributed by atoms with E-state index < -0.39 is 0 Å². The van der Waals surface area contributed by atoms with Gasteiger partial charge in [-0.25, -0.2) is 0 Å². The zero-order chi connectivity index (χ0) is 14.0. The number of methoxy groups -OCH3 is 1. The number of benzene rings is 2. The molecule has 2 nitrogen and oxygen atoms in total. The number of ether oxygens (including phenoxy) is 1. The molecule has 2 rings (SSSR count). The van der Waals surface area contributed by atoms with E-state index in [-0.39, 0.29) is 5.78 Å². The Hall–Kier alpha value is -1.80. The third-order valence-corrected chi connectivity index (χ3v) is 3.50. The molecule has 98 valence electrons. The van der Waals surface area contributed by atoms with Crippen LogP contribution in [0.2, 0.25) is 5.02 Å². The number of hydrogen-bond acceptors (Lipinski definition) is 2. The van der Waals surface area contributed by atoms with Crippen LogP contribution in [0.25, 0.3) is 0 Å². The maximum atomic E-state index is 12.4. The van der Waals surface area contributed by atoms with Gasteiger partial charge in [-0.2, -0.15) is 0 Å². The molecule has 0 saturated heterocycles. The van der Waals surface area contributed by atoms with Crippen LogP contribution in [-0.2, 0) is 0 Å². The summed E-state index contributed by atoms with van der Waals surface area (Å²) in [6, 6.07) is 10.7. The highest BCUT2D eigenvalue weighted by atomic mass is 35.5. The van der Waals surface area contributed by atoms with E-state index in [1.165, 1.54) is 0 Å². The molecule has 0 saturated carbocycles. The first-order valence-corrected chi connectivity index (χ1v) is 6.36. The molecule has 0 atom stereocenters. The Morgan fingerprint density at radius 3 is 2.37 bits per heavy atom. The monoisotopic (exact) mass is 274 g/mol. The number of hydrogen-bond donors (Lipinski definition) is 0. The second-order valence-corrected chi connectivity index (χ2v) is 4.88. The van der Waals surface area contributed by atoms with E-state index >= 15 is 0 Å². The van der Waals surface area contributed by atoms with Gasteiger partial charge in [0.05, 0.1) is 12.1 Å². The van der Waals surface area contributed by atoms with Gasteiger partial charge in [0.1, 0.15) is 5.75 Å². The molecule has 0 aliphatic heterocycles. The minimum atomic E-state index is -0.0734. The van der Waals surface area contributed by atoms with Crippen molar-refractivity contribution in [1.82, 2.24) is 0 Å². The van der Waals surface area contributed by atoms with E-state index in [4.69, 9.17) is 16.3 Å². The van der Waals surface area contributed by atoms with Crippen molar-refractivity contribution < 1.29 is 9.53 Å². The molecule has 0 unspecified atom stereocenters. The second kappa shape index (κ2) is 5.45. The number of rotatable bonds is 3. The summed E-state index contributed by atoms with van der Waals surface area (Å²) in [7, 11) is 1.57. The predicted molar refractivity (Wildman–Crippen MR) is 77.4 cm³/mol. The minimum Gasteiger partial charge on any atom is -0.497 e. The van der Waals surface area contributed by atoms with Gasteiger partial charge < -0.3 is 4.74 Å². The van der Waals surface area contributed by atoms with Gasteiger partial charge in [-0.3, -0.25) is 4.79 Å². The van der Waals surface area contributed by atoms with Crippen molar-refractivity contribution in [2.45, 2.75) is 13.8 Å². The van der Waals surface area contributed by atoms with Gasteiger partial charge in [-0.1, -0.05) is 23.7 Å². The van der Waals surface area contributed by atoms with E-state index in [0.29, 0.717) is 21.9 Å². The number of ketones is 1. The Bertz CT molecular complexity index is 633. The highest BCUT2D eigenvalue weighted by Crippen LogP contribution is 2.25. The number of carbonyl (C=O) groups excluding carboxylic acids is 1. The summed E-state index contributed by atoms with van der Waals surface area (Å²) in [6.45, 7) is 4.01. The molecule has 0 bridgehead atoms. The van der Waals surface area contributed by atoms with Gasteiger partial charge in [-0.05, 0) is 49.2 Å². The van der Waals surface area contributed by atoms with Crippen LogP contribution >= 0.6 is 11.6 Å². The van der Waals surface area contributed by atoms with Crippen molar-refractivity contribution in [3.05, 3.63) is 63.7 Å². The van der Waals surface area contributed by atoms with Crippen LogP contribution in [0, 0.1) is 13.8 Å². The van der Waals surface area contributed by atoms with Gasteiger partial charge >= 0.3 is 0 Å². The van der Waals surface area contributed by atoms with Crippen LogP contribution in [-0.4, -0.2) is 12.9 Å². The quantitative estimate of drug-likeness (QED) is 0.784. The molecule has 0 radical (unpaired) electrons. The summed E-state index contributed by atoms with van der Waals surface area (Å²) >= 11 is 6.12. The summed E-state index contributed by atoms with van der Waals surface area (Å²) in [6.07, 6.45) is 0. The fourth-order valence-electron chi connectivity index (χ4n) is 1.85. The van der Waals surface area contributed by atoms with Crippen LogP contribution < -0.4 is 4.74 Å². The van der Waals surface area contributed by atoms with Crippen LogP contribution in [0.4, 0.5) is 0 Å². The molecule has 19 heavy (non-hydrogen) atoms. The number of halogens is 1. The van der Waals surface area contributed by atoms with E-state index in [0.717, 1.165) is 11.1 Å². The number of aryl methyl sites for hydroxylation is 2. The van der Waals surface area contributed by atoms with Crippen LogP contribution in [0.5, 0.6) is 5.75 Å². The third kappa shape index (κ3) is 2.79. The topological polar surface area (TPSA) is 26.3 Å². The molecule has 2 aromatic carbocycles.